The number of nitrogens with two attached hydrogens (primary N) is 1. The SMILES string of the molecule is CN(Cc1ccccc1)C(=O)COC(=O)C1CCN(c2ccc(C(N)=O)cn2)CC1. The van der Waals surface area contributed by atoms with Gasteiger partial charge in [-0.1, -0.05) is 30.3 Å². The second kappa shape index (κ2) is 9.87. The maximum Gasteiger partial charge on any atom is 0.309 e. The van der Waals surface area contributed by atoms with E-state index in [4.69, 9.17) is 10.5 Å². The monoisotopic (exact) mass is 410 g/mol. The molecule has 0 unspecified atom stereocenters. The first-order valence-electron chi connectivity index (χ1n) is 9.89. The van der Waals surface area contributed by atoms with Gasteiger partial charge in [0, 0.05) is 32.9 Å². The fourth-order valence-electron chi connectivity index (χ4n) is 3.37. The summed E-state index contributed by atoms with van der Waals surface area (Å²) in [5.74, 6) is -0.584. The van der Waals surface area contributed by atoms with Crippen LogP contribution in [0.1, 0.15) is 28.8 Å². The van der Waals surface area contributed by atoms with Crippen LogP contribution < -0.4 is 10.6 Å². The van der Waals surface area contributed by atoms with Gasteiger partial charge < -0.3 is 20.3 Å². The number of anilines is 1. The molecule has 0 atom stereocenters. The van der Waals surface area contributed by atoms with E-state index in [2.05, 4.69) is 4.98 Å². The minimum Gasteiger partial charge on any atom is -0.455 e. The number of carbonyl (C=O) groups is 3. The minimum atomic E-state index is -0.514. The first kappa shape index (κ1) is 21.3. The second-order valence-corrected chi connectivity index (χ2v) is 7.37. The van der Waals surface area contributed by atoms with Crippen LogP contribution in [-0.2, 0) is 20.9 Å². The average molecular weight is 410 g/mol. The number of ether oxygens (including phenoxy) is 1. The molecule has 2 N–H and O–H groups in total. The van der Waals surface area contributed by atoms with Crippen LogP contribution in [0, 0.1) is 5.92 Å². The van der Waals surface area contributed by atoms with Gasteiger partial charge in [0.05, 0.1) is 11.5 Å². The lowest BCUT2D eigenvalue weighted by Crippen LogP contribution is -2.38. The Morgan fingerprint density at radius 1 is 1.13 bits per heavy atom. The van der Waals surface area contributed by atoms with Crippen molar-refractivity contribution in [2.75, 3.05) is 31.6 Å². The molecule has 0 saturated carbocycles. The molecule has 0 spiro atoms. The van der Waals surface area contributed by atoms with Crippen molar-refractivity contribution in [1.82, 2.24) is 9.88 Å². The first-order chi connectivity index (χ1) is 14.4. The minimum absolute atomic E-state index is 0.233. The van der Waals surface area contributed by atoms with Crippen molar-refractivity contribution in [3.05, 3.63) is 59.8 Å². The number of rotatable bonds is 7. The standard InChI is InChI=1S/C22H26N4O4/c1-25(14-16-5-3-2-4-6-16)20(27)15-30-22(29)17-9-11-26(12-10-17)19-8-7-18(13-24-19)21(23)28/h2-8,13,17H,9-12,14-15H2,1H3,(H2,23,28). The van der Waals surface area contributed by atoms with Gasteiger partial charge in [0.2, 0.25) is 5.91 Å². The molecular formula is C22H26N4O4. The van der Waals surface area contributed by atoms with E-state index < -0.39 is 5.91 Å². The van der Waals surface area contributed by atoms with E-state index in [1.807, 2.05) is 35.2 Å². The quantitative estimate of drug-likeness (QED) is 0.695. The highest BCUT2D eigenvalue weighted by atomic mass is 16.5. The number of pyridine rings is 1. The number of amides is 2. The third-order valence-corrected chi connectivity index (χ3v) is 5.21. The van der Waals surface area contributed by atoms with Crippen LogP contribution in [0.4, 0.5) is 5.82 Å². The van der Waals surface area contributed by atoms with Crippen molar-refractivity contribution in [2.45, 2.75) is 19.4 Å². The van der Waals surface area contributed by atoms with Crippen molar-refractivity contribution in [3.8, 4) is 0 Å². The van der Waals surface area contributed by atoms with Crippen molar-refractivity contribution in [2.24, 2.45) is 11.7 Å². The Kier molecular flexibility index (Phi) is 7.00. The molecule has 158 valence electrons. The predicted octanol–water partition coefficient (Wildman–Crippen LogP) is 1.60. The Hall–Kier alpha value is -3.42. The Morgan fingerprint density at radius 3 is 2.43 bits per heavy atom. The predicted molar refractivity (Wildman–Crippen MR) is 112 cm³/mol. The number of hydrogen-bond acceptors (Lipinski definition) is 6. The smallest absolute Gasteiger partial charge is 0.309 e. The summed E-state index contributed by atoms with van der Waals surface area (Å²) in [5.41, 5.74) is 6.61. The third kappa shape index (κ3) is 5.56. The molecular weight excluding hydrogens is 384 g/mol. The zero-order valence-electron chi connectivity index (χ0n) is 17.0. The molecule has 1 saturated heterocycles. The number of benzene rings is 1. The zero-order valence-corrected chi connectivity index (χ0v) is 17.0. The fourth-order valence-corrected chi connectivity index (χ4v) is 3.37. The fraction of sp³-hybridized carbons (Fsp3) is 0.364. The Labute approximate surface area is 175 Å². The molecule has 1 aromatic carbocycles. The Balaban J connectivity index is 1.42. The van der Waals surface area contributed by atoms with E-state index in [-0.39, 0.29) is 24.4 Å². The molecule has 2 heterocycles. The summed E-state index contributed by atoms with van der Waals surface area (Å²) in [6.45, 7) is 1.50. The summed E-state index contributed by atoms with van der Waals surface area (Å²) in [5, 5.41) is 0. The lowest BCUT2D eigenvalue weighted by atomic mass is 9.97. The van der Waals surface area contributed by atoms with Gasteiger partial charge in [-0.25, -0.2) is 4.98 Å². The molecule has 30 heavy (non-hydrogen) atoms. The Morgan fingerprint density at radius 2 is 1.83 bits per heavy atom. The maximum absolute atomic E-state index is 12.4. The van der Waals surface area contributed by atoms with E-state index in [9.17, 15) is 14.4 Å². The summed E-state index contributed by atoms with van der Waals surface area (Å²) < 4.78 is 5.27. The van der Waals surface area contributed by atoms with Crippen molar-refractivity contribution in [3.63, 3.8) is 0 Å². The molecule has 3 rings (SSSR count). The average Bonchev–Trinajstić information content (AvgIpc) is 2.78. The van der Waals surface area contributed by atoms with Crippen LogP contribution in [0.5, 0.6) is 0 Å². The summed E-state index contributed by atoms with van der Waals surface area (Å²) >= 11 is 0. The van der Waals surface area contributed by atoms with E-state index in [0.717, 1.165) is 11.4 Å². The van der Waals surface area contributed by atoms with Gasteiger partial charge >= 0.3 is 5.97 Å². The van der Waals surface area contributed by atoms with Crippen LogP contribution in [0.2, 0.25) is 0 Å². The van der Waals surface area contributed by atoms with E-state index >= 15 is 0 Å². The summed E-state index contributed by atoms with van der Waals surface area (Å²) in [6.07, 6.45) is 2.69. The molecule has 0 bridgehead atoms. The largest absolute Gasteiger partial charge is 0.455 e. The highest BCUT2D eigenvalue weighted by Crippen LogP contribution is 2.23. The molecule has 0 aliphatic carbocycles. The number of esters is 1. The number of piperidine rings is 1. The van der Waals surface area contributed by atoms with Crippen molar-refractivity contribution >= 4 is 23.6 Å². The van der Waals surface area contributed by atoms with Crippen molar-refractivity contribution < 1.29 is 19.1 Å². The number of primary amides is 1. The lowest BCUT2D eigenvalue weighted by molar-refractivity contribution is -0.155. The molecule has 2 aromatic rings. The number of hydrogen-bond donors (Lipinski definition) is 1. The van der Waals surface area contributed by atoms with E-state index in [1.54, 1.807) is 24.1 Å². The summed E-state index contributed by atoms with van der Waals surface area (Å²) in [4.78, 5) is 43.6. The van der Waals surface area contributed by atoms with Gasteiger partial charge in [-0.2, -0.15) is 0 Å². The highest BCUT2D eigenvalue weighted by Gasteiger charge is 2.27. The van der Waals surface area contributed by atoms with Gasteiger partial charge in [-0.15, -0.1) is 0 Å². The van der Waals surface area contributed by atoms with Gasteiger partial charge in [-0.3, -0.25) is 14.4 Å². The van der Waals surface area contributed by atoms with Crippen LogP contribution in [0.15, 0.2) is 48.7 Å². The van der Waals surface area contributed by atoms with Crippen molar-refractivity contribution in [1.29, 1.82) is 0 Å². The lowest BCUT2D eigenvalue weighted by Gasteiger charge is -2.31. The van der Waals surface area contributed by atoms with Crippen LogP contribution >= 0.6 is 0 Å². The Bertz CT molecular complexity index is 878. The second-order valence-electron chi connectivity index (χ2n) is 7.37. The molecule has 0 radical (unpaired) electrons. The summed E-state index contributed by atoms with van der Waals surface area (Å²) in [6, 6.07) is 13.0. The van der Waals surface area contributed by atoms with E-state index in [0.29, 0.717) is 38.0 Å². The van der Waals surface area contributed by atoms with E-state index in [1.165, 1.54) is 6.20 Å². The number of likely N-dealkylation sites (N-methyl/N-ethyl adjacent to an activating group) is 1. The molecule has 1 aliphatic heterocycles. The number of aromatic nitrogens is 1. The molecule has 1 aliphatic rings. The number of carbonyl (C=O) groups excluding carboxylic acids is 3. The first-order valence-corrected chi connectivity index (χ1v) is 9.89. The molecule has 1 fully saturated rings. The van der Waals surface area contributed by atoms with Gasteiger partial charge in [0.25, 0.3) is 5.91 Å². The molecule has 2 amide bonds. The topological polar surface area (TPSA) is 106 Å². The molecule has 1 aromatic heterocycles. The maximum atomic E-state index is 12.4. The third-order valence-electron chi connectivity index (χ3n) is 5.21. The van der Waals surface area contributed by atoms with Gasteiger partial charge in [0.15, 0.2) is 6.61 Å². The van der Waals surface area contributed by atoms with Crippen LogP contribution in [-0.4, -0.2) is 54.4 Å². The highest BCUT2D eigenvalue weighted by molar-refractivity contribution is 5.92. The van der Waals surface area contributed by atoms with Crippen LogP contribution in [0.25, 0.3) is 0 Å². The normalized spacial score (nSPS) is 14.2. The number of nitrogens with zero attached hydrogens (tertiary/aromatic N) is 3. The zero-order chi connectivity index (χ0) is 21.5. The summed E-state index contributed by atoms with van der Waals surface area (Å²) in [7, 11) is 1.69. The molecule has 8 heteroatoms. The van der Waals surface area contributed by atoms with Gasteiger partial charge in [0.1, 0.15) is 5.82 Å². The molecule has 8 nitrogen and oxygen atoms in total. The van der Waals surface area contributed by atoms with Gasteiger partial charge in [-0.05, 0) is 30.5 Å². The van der Waals surface area contributed by atoms with Crippen LogP contribution in [0.3, 0.4) is 0 Å².